The van der Waals surface area contributed by atoms with Crippen molar-refractivity contribution in [2.45, 2.75) is 38.0 Å². The van der Waals surface area contributed by atoms with Crippen molar-refractivity contribution in [3.63, 3.8) is 0 Å². The normalized spacial score (nSPS) is 21.9. The standard InChI is InChI=1S/C26H26F2N4O3S/c1-25(2)16-10-11-26(25,21-9-5-8-19(30-21)24(33)29-12-13-36(3,34)35)23-15(16)14-20(31-32-23)22-17(27)6-4-7-18(22)28/h4-9,14,16H,10-13H2,1-3H3,(H,29,33)/t16-,26-/m0/s1. The monoisotopic (exact) mass is 512 g/mol. The van der Waals surface area contributed by atoms with Gasteiger partial charge in [-0.1, -0.05) is 26.0 Å². The van der Waals surface area contributed by atoms with Crippen LogP contribution < -0.4 is 5.32 Å². The minimum absolute atomic E-state index is 0.00796. The third-order valence-corrected chi connectivity index (χ3v) is 8.72. The molecule has 2 atom stereocenters. The number of hydrogen-bond acceptors (Lipinski definition) is 6. The third kappa shape index (κ3) is 3.70. The smallest absolute Gasteiger partial charge is 0.269 e. The highest BCUT2D eigenvalue weighted by molar-refractivity contribution is 7.90. The average molecular weight is 513 g/mol. The Morgan fingerprint density at radius 1 is 1.11 bits per heavy atom. The first kappa shape index (κ1) is 24.4. The number of sulfone groups is 1. The summed E-state index contributed by atoms with van der Waals surface area (Å²) >= 11 is 0. The van der Waals surface area contributed by atoms with Crippen molar-refractivity contribution in [2.75, 3.05) is 18.6 Å². The van der Waals surface area contributed by atoms with Crippen molar-refractivity contribution in [3.8, 4) is 11.3 Å². The number of fused-ring (bicyclic) bond motifs is 5. The SMILES string of the molecule is CC1(C)[C@H]2CC[C@]1(c1cccc(C(=O)NCCS(C)(=O)=O)n1)c1nnc(-c3c(F)cccc3F)cc12. The molecule has 188 valence electrons. The van der Waals surface area contributed by atoms with E-state index in [1.54, 1.807) is 18.2 Å². The van der Waals surface area contributed by atoms with E-state index < -0.39 is 32.8 Å². The van der Waals surface area contributed by atoms with Gasteiger partial charge in [-0.3, -0.25) is 4.79 Å². The molecule has 1 amide bonds. The van der Waals surface area contributed by atoms with Gasteiger partial charge in [-0.05, 0) is 60.1 Å². The molecule has 1 fully saturated rings. The zero-order valence-corrected chi connectivity index (χ0v) is 21.0. The van der Waals surface area contributed by atoms with Gasteiger partial charge in [-0.2, -0.15) is 5.10 Å². The maximum absolute atomic E-state index is 14.5. The lowest BCUT2D eigenvalue weighted by atomic mass is 9.66. The summed E-state index contributed by atoms with van der Waals surface area (Å²) in [6.45, 7) is 4.23. The number of halogens is 2. The molecule has 5 rings (SSSR count). The molecule has 0 saturated heterocycles. The molecule has 7 nitrogen and oxygen atoms in total. The Morgan fingerprint density at radius 2 is 1.81 bits per heavy atom. The number of nitrogens with zero attached hydrogens (tertiary/aromatic N) is 3. The van der Waals surface area contributed by atoms with Gasteiger partial charge in [-0.15, -0.1) is 5.10 Å². The van der Waals surface area contributed by atoms with Crippen LogP contribution in [0.5, 0.6) is 0 Å². The van der Waals surface area contributed by atoms with Gasteiger partial charge in [0.25, 0.3) is 5.91 Å². The highest BCUT2D eigenvalue weighted by Crippen LogP contribution is 2.69. The maximum atomic E-state index is 14.5. The lowest BCUT2D eigenvalue weighted by Gasteiger charge is -2.37. The molecule has 1 N–H and O–H groups in total. The molecule has 2 bridgehead atoms. The first-order valence-corrected chi connectivity index (χ1v) is 13.8. The summed E-state index contributed by atoms with van der Waals surface area (Å²) in [5.41, 5.74) is 1.44. The Balaban J connectivity index is 1.55. The number of benzene rings is 1. The third-order valence-electron chi connectivity index (χ3n) is 7.78. The van der Waals surface area contributed by atoms with Crippen molar-refractivity contribution in [3.05, 3.63) is 76.7 Å². The Labute approximate surface area is 208 Å². The summed E-state index contributed by atoms with van der Waals surface area (Å²) in [4.78, 5) is 17.4. The number of carbonyl (C=O) groups is 1. The molecular formula is C26H26F2N4O3S. The number of hydrogen-bond donors (Lipinski definition) is 1. The number of pyridine rings is 1. The first-order valence-electron chi connectivity index (χ1n) is 11.7. The topological polar surface area (TPSA) is 102 Å². The zero-order chi connectivity index (χ0) is 25.9. The lowest BCUT2D eigenvalue weighted by molar-refractivity contribution is 0.0950. The van der Waals surface area contributed by atoms with E-state index in [2.05, 4.69) is 29.4 Å². The van der Waals surface area contributed by atoms with Crippen LogP contribution in [0.25, 0.3) is 11.3 Å². The summed E-state index contributed by atoms with van der Waals surface area (Å²) in [6.07, 6.45) is 2.68. The van der Waals surface area contributed by atoms with Crippen LogP contribution in [0, 0.1) is 17.0 Å². The van der Waals surface area contributed by atoms with Crippen LogP contribution in [0.4, 0.5) is 8.78 Å². The minimum Gasteiger partial charge on any atom is -0.350 e. The summed E-state index contributed by atoms with van der Waals surface area (Å²) in [5, 5.41) is 11.3. The second kappa shape index (κ2) is 8.40. The van der Waals surface area contributed by atoms with E-state index in [9.17, 15) is 22.0 Å². The summed E-state index contributed by atoms with van der Waals surface area (Å²) in [5.74, 6) is -1.94. The molecule has 0 aliphatic heterocycles. The van der Waals surface area contributed by atoms with E-state index in [1.165, 1.54) is 18.2 Å². The molecule has 3 aromatic rings. The molecule has 2 aliphatic carbocycles. The zero-order valence-electron chi connectivity index (χ0n) is 20.2. The highest BCUT2D eigenvalue weighted by Gasteiger charge is 2.65. The van der Waals surface area contributed by atoms with Gasteiger partial charge < -0.3 is 5.32 Å². The predicted molar refractivity (Wildman–Crippen MR) is 130 cm³/mol. The largest absolute Gasteiger partial charge is 0.350 e. The number of carbonyl (C=O) groups excluding carboxylic acids is 1. The second-order valence-electron chi connectivity index (χ2n) is 10.1. The average Bonchev–Trinajstić information content (AvgIpc) is 3.19. The van der Waals surface area contributed by atoms with E-state index in [0.29, 0.717) is 11.4 Å². The maximum Gasteiger partial charge on any atom is 0.269 e. The molecule has 0 radical (unpaired) electrons. The first-order chi connectivity index (χ1) is 17.0. The van der Waals surface area contributed by atoms with Crippen molar-refractivity contribution in [1.82, 2.24) is 20.5 Å². The Hall–Kier alpha value is -3.27. The van der Waals surface area contributed by atoms with Crippen molar-refractivity contribution in [2.24, 2.45) is 5.41 Å². The summed E-state index contributed by atoms with van der Waals surface area (Å²) < 4.78 is 51.7. The number of rotatable bonds is 6. The van der Waals surface area contributed by atoms with Gasteiger partial charge in [-0.25, -0.2) is 22.2 Å². The van der Waals surface area contributed by atoms with Gasteiger partial charge in [0.2, 0.25) is 0 Å². The molecule has 0 spiro atoms. The molecule has 2 aliphatic rings. The Bertz CT molecular complexity index is 1470. The van der Waals surface area contributed by atoms with Crippen molar-refractivity contribution < 1.29 is 22.0 Å². The molecule has 10 heteroatoms. The van der Waals surface area contributed by atoms with Gasteiger partial charge >= 0.3 is 0 Å². The molecule has 36 heavy (non-hydrogen) atoms. The fraction of sp³-hybridized carbons (Fsp3) is 0.385. The molecular weight excluding hydrogens is 486 g/mol. The van der Waals surface area contributed by atoms with Crippen molar-refractivity contribution in [1.29, 1.82) is 0 Å². The molecule has 0 unspecified atom stereocenters. The van der Waals surface area contributed by atoms with Gasteiger partial charge in [0.15, 0.2) is 0 Å². The van der Waals surface area contributed by atoms with E-state index >= 15 is 0 Å². The molecule has 1 aromatic carbocycles. The highest BCUT2D eigenvalue weighted by atomic mass is 32.2. The number of nitrogens with one attached hydrogen (secondary N) is 1. The summed E-state index contributed by atoms with van der Waals surface area (Å²) in [7, 11) is -3.21. The van der Waals surface area contributed by atoms with Crippen LogP contribution in [0.15, 0.2) is 42.5 Å². The molecule has 2 heterocycles. The lowest BCUT2D eigenvalue weighted by Crippen LogP contribution is -2.38. The van der Waals surface area contributed by atoms with Crippen LogP contribution in [0.2, 0.25) is 0 Å². The number of aromatic nitrogens is 3. The van der Waals surface area contributed by atoms with E-state index in [1.807, 2.05) is 6.07 Å². The fourth-order valence-corrected chi connectivity index (χ4v) is 6.47. The van der Waals surface area contributed by atoms with Crippen LogP contribution in [-0.2, 0) is 15.3 Å². The van der Waals surface area contributed by atoms with Crippen LogP contribution in [-0.4, -0.2) is 48.1 Å². The summed E-state index contributed by atoms with van der Waals surface area (Å²) in [6, 6.07) is 10.6. The quantitative estimate of drug-likeness (QED) is 0.539. The predicted octanol–water partition coefficient (Wildman–Crippen LogP) is 3.79. The van der Waals surface area contributed by atoms with Crippen LogP contribution in [0.1, 0.15) is 60.0 Å². The van der Waals surface area contributed by atoms with Gasteiger partial charge in [0.05, 0.1) is 33.8 Å². The van der Waals surface area contributed by atoms with Crippen LogP contribution >= 0.6 is 0 Å². The number of amides is 1. The second-order valence-corrected chi connectivity index (χ2v) is 12.4. The van der Waals surface area contributed by atoms with E-state index in [0.717, 1.165) is 24.7 Å². The fourth-order valence-electron chi connectivity index (χ4n) is 6.00. The van der Waals surface area contributed by atoms with E-state index in [-0.39, 0.29) is 40.6 Å². The van der Waals surface area contributed by atoms with Gasteiger partial charge in [0.1, 0.15) is 27.2 Å². The minimum atomic E-state index is -3.21. The molecule has 1 saturated carbocycles. The molecule has 2 aromatic heterocycles. The van der Waals surface area contributed by atoms with E-state index in [4.69, 9.17) is 4.98 Å². The Morgan fingerprint density at radius 3 is 2.50 bits per heavy atom. The van der Waals surface area contributed by atoms with Gasteiger partial charge in [0, 0.05) is 12.8 Å². The van der Waals surface area contributed by atoms with Crippen molar-refractivity contribution >= 4 is 15.7 Å². The Kier molecular flexibility index (Phi) is 5.70. The van der Waals surface area contributed by atoms with Crippen LogP contribution in [0.3, 0.4) is 0 Å².